The average Bonchev–Trinajstić information content (AvgIpc) is 2.29. The van der Waals surface area contributed by atoms with Crippen LogP contribution < -0.4 is 0 Å². The lowest BCUT2D eigenvalue weighted by atomic mass is 10.2. The minimum absolute atomic E-state index is 0.483. The molecule has 0 saturated carbocycles. The number of H-pyrrole nitrogens is 1. The maximum Gasteiger partial charge on any atom is 0.121 e. The quantitative estimate of drug-likeness (QED) is 0.823. The molecule has 1 saturated heterocycles. The first-order chi connectivity index (χ1) is 7.31. The average molecular weight is 258 g/mol. The van der Waals surface area contributed by atoms with Gasteiger partial charge in [-0.1, -0.05) is 19.1 Å². The summed E-state index contributed by atoms with van der Waals surface area (Å²) in [6.07, 6.45) is 3.00. The summed E-state index contributed by atoms with van der Waals surface area (Å²) in [7, 11) is 0. The normalized spacial score (nSPS) is 26.5. The van der Waals surface area contributed by atoms with Gasteiger partial charge < -0.3 is 4.98 Å². The predicted molar refractivity (Wildman–Crippen MR) is 71.2 cm³/mol. The lowest BCUT2D eigenvalue weighted by Crippen LogP contribution is -2.20. The zero-order valence-corrected chi connectivity index (χ0v) is 11.1. The molecule has 2 rings (SSSR count). The van der Waals surface area contributed by atoms with E-state index in [9.17, 15) is 0 Å². The van der Waals surface area contributed by atoms with Gasteiger partial charge in [-0.15, -0.1) is 11.8 Å². The number of nitrogens with one attached hydrogen (secondary N) is 1. The number of hydrogen-bond acceptors (Lipinski definition) is 4. The Kier molecular flexibility index (Phi) is 4.11. The third-order valence-corrected chi connectivity index (χ3v) is 5.91. The van der Waals surface area contributed by atoms with Crippen molar-refractivity contribution in [1.29, 1.82) is 0 Å². The fourth-order valence-electron chi connectivity index (χ4n) is 1.69. The molecule has 0 radical (unpaired) electrons. The summed E-state index contributed by atoms with van der Waals surface area (Å²) in [4.78, 5) is 7.62. The van der Waals surface area contributed by atoms with Crippen LogP contribution in [0.2, 0.25) is 0 Å². The fourth-order valence-corrected chi connectivity index (χ4v) is 4.87. The van der Waals surface area contributed by atoms with Gasteiger partial charge in [-0.2, -0.15) is 11.8 Å². The lowest BCUT2D eigenvalue weighted by Gasteiger charge is -2.28. The SMILES string of the molecule is CCC1SCCSC1c1nccc(=S)[nH]1. The van der Waals surface area contributed by atoms with Gasteiger partial charge in [-0.25, -0.2) is 4.98 Å². The van der Waals surface area contributed by atoms with Gasteiger partial charge in [0.05, 0.1) is 5.25 Å². The van der Waals surface area contributed by atoms with Crippen LogP contribution in [-0.4, -0.2) is 26.7 Å². The van der Waals surface area contributed by atoms with E-state index in [1.165, 1.54) is 17.9 Å². The predicted octanol–water partition coefficient (Wildman–Crippen LogP) is 3.44. The smallest absolute Gasteiger partial charge is 0.121 e. The van der Waals surface area contributed by atoms with Gasteiger partial charge in [0.2, 0.25) is 0 Å². The Morgan fingerprint density at radius 1 is 1.53 bits per heavy atom. The molecule has 2 unspecified atom stereocenters. The molecule has 1 N–H and O–H groups in total. The van der Waals surface area contributed by atoms with Crippen LogP contribution in [0.15, 0.2) is 12.3 Å². The molecule has 15 heavy (non-hydrogen) atoms. The van der Waals surface area contributed by atoms with E-state index >= 15 is 0 Å². The lowest BCUT2D eigenvalue weighted by molar-refractivity contribution is 0.748. The monoisotopic (exact) mass is 258 g/mol. The summed E-state index contributed by atoms with van der Waals surface area (Å²) in [5.41, 5.74) is 0. The van der Waals surface area contributed by atoms with Crippen molar-refractivity contribution in [2.45, 2.75) is 23.8 Å². The van der Waals surface area contributed by atoms with E-state index < -0.39 is 0 Å². The summed E-state index contributed by atoms with van der Waals surface area (Å²) in [5, 5.41) is 1.15. The molecule has 0 spiro atoms. The minimum atomic E-state index is 0.483. The summed E-state index contributed by atoms with van der Waals surface area (Å²) in [6.45, 7) is 2.24. The Morgan fingerprint density at radius 2 is 2.33 bits per heavy atom. The van der Waals surface area contributed by atoms with Gasteiger partial charge in [-0.05, 0) is 12.5 Å². The van der Waals surface area contributed by atoms with Crippen molar-refractivity contribution < 1.29 is 0 Å². The largest absolute Gasteiger partial charge is 0.334 e. The highest BCUT2D eigenvalue weighted by Gasteiger charge is 2.27. The first-order valence-electron chi connectivity index (χ1n) is 5.09. The van der Waals surface area contributed by atoms with Crippen LogP contribution in [0.3, 0.4) is 0 Å². The van der Waals surface area contributed by atoms with Crippen LogP contribution >= 0.6 is 35.7 Å². The van der Waals surface area contributed by atoms with E-state index in [0.29, 0.717) is 10.5 Å². The van der Waals surface area contributed by atoms with Crippen molar-refractivity contribution in [2.75, 3.05) is 11.5 Å². The van der Waals surface area contributed by atoms with E-state index in [4.69, 9.17) is 12.2 Å². The number of hydrogen-bond donors (Lipinski definition) is 1. The van der Waals surface area contributed by atoms with E-state index in [2.05, 4.69) is 28.7 Å². The van der Waals surface area contributed by atoms with E-state index in [0.717, 1.165) is 10.5 Å². The third-order valence-electron chi connectivity index (χ3n) is 2.41. The van der Waals surface area contributed by atoms with Crippen LogP contribution in [-0.2, 0) is 0 Å². The van der Waals surface area contributed by atoms with E-state index in [-0.39, 0.29) is 0 Å². The Bertz CT molecular complexity index is 377. The van der Waals surface area contributed by atoms with Crippen molar-refractivity contribution in [3.05, 3.63) is 22.7 Å². The standard InChI is InChI=1S/C10H14N2S3/c1-2-7-9(15-6-5-14-7)10-11-4-3-8(13)12-10/h3-4,7,9H,2,5-6H2,1H3,(H,11,12,13). The molecule has 0 aliphatic carbocycles. The Hall–Kier alpha value is -0.0000000000000000833. The number of aromatic nitrogens is 2. The van der Waals surface area contributed by atoms with E-state index in [1.807, 2.05) is 17.8 Å². The molecule has 2 heterocycles. The van der Waals surface area contributed by atoms with Gasteiger partial charge in [0, 0.05) is 23.0 Å². The molecule has 1 aromatic heterocycles. The second-order valence-electron chi connectivity index (χ2n) is 3.43. The molecule has 82 valence electrons. The zero-order chi connectivity index (χ0) is 10.7. The molecule has 2 nitrogen and oxygen atoms in total. The van der Waals surface area contributed by atoms with Crippen LogP contribution in [0.1, 0.15) is 24.4 Å². The molecule has 2 atom stereocenters. The number of nitrogens with zero attached hydrogens (tertiary/aromatic N) is 1. The molecule has 0 amide bonds. The topological polar surface area (TPSA) is 28.7 Å². The molecule has 0 bridgehead atoms. The van der Waals surface area contributed by atoms with Crippen LogP contribution in [0.25, 0.3) is 0 Å². The van der Waals surface area contributed by atoms with Crippen molar-refractivity contribution in [3.8, 4) is 0 Å². The highest BCUT2D eigenvalue weighted by Crippen LogP contribution is 2.42. The zero-order valence-electron chi connectivity index (χ0n) is 8.60. The fraction of sp³-hybridized carbons (Fsp3) is 0.600. The van der Waals surface area contributed by atoms with Gasteiger partial charge in [0.25, 0.3) is 0 Å². The first kappa shape index (κ1) is 11.5. The van der Waals surface area contributed by atoms with Crippen LogP contribution in [0.4, 0.5) is 0 Å². The van der Waals surface area contributed by atoms with Gasteiger partial charge in [-0.3, -0.25) is 0 Å². The van der Waals surface area contributed by atoms with Crippen molar-refractivity contribution in [2.24, 2.45) is 0 Å². The Balaban J connectivity index is 2.24. The highest BCUT2D eigenvalue weighted by molar-refractivity contribution is 8.06. The second-order valence-corrected chi connectivity index (χ2v) is 6.46. The summed E-state index contributed by atoms with van der Waals surface area (Å²) in [5.74, 6) is 3.52. The van der Waals surface area contributed by atoms with Crippen LogP contribution in [0, 0.1) is 4.64 Å². The summed E-state index contributed by atoms with van der Waals surface area (Å²) < 4.78 is 0.783. The molecular formula is C10H14N2S3. The van der Waals surface area contributed by atoms with Crippen molar-refractivity contribution in [1.82, 2.24) is 9.97 Å². The number of thioether (sulfide) groups is 2. The first-order valence-corrected chi connectivity index (χ1v) is 7.60. The number of rotatable bonds is 2. The molecular weight excluding hydrogens is 244 g/mol. The van der Waals surface area contributed by atoms with Gasteiger partial charge in [0.1, 0.15) is 10.5 Å². The van der Waals surface area contributed by atoms with Crippen LogP contribution in [0.5, 0.6) is 0 Å². The molecule has 1 aliphatic heterocycles. The Morgan fingerprint density at radius 3 is 3.07 bits per heavy atom. The summed E-state index contributed by atoms with van der Waals surface area (Å²) in [6, 6.07) is 1.83. The molecule has 1 aliphatic rings. The van der Waals surface area contributed by atoms with Gasteiger partial charge in [0.15, 0.2) is 0 Å². The summed E-state index contributed by atoms with van der Waals surface area (Å²) >= 11 is 9.19. The maximum absolute atomic E-state index is 5.13. The molecule has 1 aromatic rings. The third kappa shape index (κ3) is 2.77. The maximum atomic E-state index is 5.13. The van der Waals surface area contributed by atoms with Crippen molar-refractivity contribution in [3.63, 3.8) is 0 Å². The van der Waals surface area contributed by atoms with Crippen molar-refractivity contribution >= 4 is 35.7 Å². The molecule has 0 aromatic carbocycles. The minimum Gasteiger partial charge on any atom is -0.334 e. The highest BCUT2D eigenvalue weighted by atomic mass is 32.2. The number of aromatic amines is 1. The molecule has 1 fully saturated rings. The van der Waals surface area contributed by atoms with E-state index in [1.54, 1.807) is 6.20 Å². The second kappa shape index (κ2) is 5.37. The molecule has 5 heteroatoms. The Labute approximate surface area is 104 Å². The van der Waals surface area contributed by atoms with Gasteiger partial charge >= 0.3 is 0 Å².